The van der Waals surface area contributed by atoms with E-state index in [9.17, 15) is 9.59 Å². The molecule has 174 valence electrons. The van der Waals surface area contributed by atoms with Crippen LogP contribution in [0.1, 0.15) is 134 Å². The summed E-state index contributed by atoms with van der Waals surface area (Å²) >= 11 is 0. The van der Waals surface area contributed by atoms with Gasteiger partial charge in [0.25, 0.3) is 0 Å². The highest BCUT2D eigenvalue weighted by Gasteiger charge is 2.22. The van der Waals surface area contributed by atoms with Crippen molar-refractivity contribution < 1.29 is 9.59 Å². The van der Waals surface area contributed by atoms with E-state index in [1.807, 2.05) is 12.1 Å². The smallest absolute Gasteiger partial charge is 0.202 e. The molecule has 1 aliphatic rings. The van der Waals surface area contributed by atoms with Gasteiger partial charge in [-0.05, 0) is 48.6 Å². The third-order valence-corrected chi connectivity index (χ3v) is 7.26. The van der Waals surface area contributed by atoms with Crippen LogP contribution < -0.4 is 0 Å². The van der Waals surface area contributed by atoms with Crippen LogP contribution >= 0.6 is 0 Å². The van der Waals surface area contributed by atoms with Gasteiger partial charge in [-0.15, -0.1) is 0 Å². The molecule has 0 atom stereocenters. The van der Waals surface area contributed by atoms with Gasteiger partial charge in [0.15, 0.2) is 5.78 Å². The fraction of sp³-hybridized carbons (Fsp3) is 0.724. The normalized spacial score (nSPS) is 18.8. The summed E-state index contributed by atoms with van der Waals surface area (Å²) in [6.07, 6.45) is 21.6. The summed E-state index contributed by atoms with van der Waals surface area (Å²) in [7, 11) is 0. The van der Waals surface area contributed by atoms with Gasteiger partial charge in [0, 0.05) is 12.8 Å². The molecule has 31 heavy (non-hydrogen) atoms. The molecule has 2 rings (SSSR count). The zero-order chi connectivity index (χ0) is 22.3. The Kier molecular flexibility index (Phi) is 12.8. The number of carbonyl (C=O) groups excluding carboxylic acids is 2. The number of rotatable bonds is 16. The van der Waals surface area contributed by atoms with E-state index >= 15 is 0 Å². The van der Waals surface area contributed by atoms with E-state index in [1.165, 1.54) is 102 Å². The average Bonchev–Trinajstić information content (AvgIpc) is 2.80. The predicted octanol–water partition coefficient (Wildman–Crippen LogP) is 8.36. The number of hydrogen-bond donors (Lipinski definition) is 0. The van der Waals surface area contributed by atoms with Gasteiger partial charge in [-0.25, -0.2) is 0 Å². The molecule has 0 bridgehead atoms. The Morgan fingerprint density at radius 2 is 1.26 bits per heavy atom. The van der Waals surface area contributed by atoms with Crippen molar-refractivity contribution in [2.24, 2.45) is 5.92 Å². The number of carbonyl (C=O) groups is 2. The van der Waals surface area contributed by atoms with E-state index in [-0.39, 0.29) is 18.0 Å². The largest absolute Gasteiger partial charge is 0.291 e. The van der Waals surface area contributed by atoms with Gasteiger partial charge in [0.2, 0.25) is 5.78 Å². The van der Waals surface area contributed by atoms with Gasteiger partial charge in [0.1, 0.15) is 0 Å². The van der Waals surface area contributed by atoms with Gasteiger partial charge in [-0.2, -0.15) is 0 Å². The fourth-order valence-corrected chi connectivity index (χ4v) is 5.09. The van der Waals surface area contributed by atoms with Crippen LogP contribution in [0.5, 0.6) is 0 Å². The molecule has 1 aromatic rings. The lowest BCUT2D eigenvalue weighted by Crippen LogP contribution is -2.15. The maximum atomic E-state index is 11.8. The average molecular weight is 427 g/mol. The van der Waals surface area contributed by atoms with Crippen LogP contribution in [0.2, 0.25) is 0 Å². The van der Waals surface area contributed by atoms with E-state index in [0.717, 1.165) is 11.5 Å². The first kappa shape index (κ1) is 25.8. The molecule has 0 saturated heterocycles. The summed E-state index contributed by atoms with van der Waals surface area (Å²) < 4.78 is 0. The van der Waals surface area contributed by atoms with Crippen LogP contribution in [0, 0.1) is 5.92 Å². The van der Waals surface area contributed by atoms with E-state index in [2.05, 4.69) is 19.1 Å². The van der Waals surface area contributed by atoms with E-state index in [0.29, 0.717) is 12.3 Å². The van der Waals surface area contributed by atoms with Crippen molar-refractivity contribution in [3.05, 3.63) is 35.4 Å². The number of hydrogen-bond acceptors (Lipinski definition) is 2. The fourth-order valence-electron chi connectivity index (χ4n) is 5.09. The predicted molar refractivity (Wildman–Crippen MR) is 132 cm³/mol. The topological polar surface area (TPSA) is 34.1 Å². The molecule has 1 saturated carbocycles. The Hall–Kier alpha value is -1.44. The quantitative estimate of drug-likeness (QED) is 0.196. The first-order valence-electron chi connectivity index (χ1n) is 13.3. The zero-order valence-corrected chi connectivity index (χ0v) is 20.3. The second-order valence-corrected chi connectivity index (χ2v) is 9.81. The monoisotopic (exact) mass is 426 g/mol. The third-order valence-electron chi connectivity index (χ3n) is 7.26. The second kappa shape index (κ2) is 15.4. The zero-order valence-electron chi connectivity index (χ0n) is 20.3. The van der Waals surface area contributed by atoms with Crippen molar-refractivity contribution in [2.45, 2.75) is 129 Å². The van der Waals surface area contributed by atoms with Crippen LogP contribution in [-0.4, -0.2) is 11.6 Å². The summed E-state index contributed by atoms with van der Waals surface area (Å²) in [4.78, 5) is 23.3. The Balaban J connectivity index is 1.56. The van der Waals surface area contributed by atoms with Crippen LogP contribution in [0.4, 0.5) is 0 Å². The summed E-state index contributed by atoms with van der Waals surface area (Å²) in [6, 6.07) is 8.47. The van der Waals surface area contributed by atoms with Crippen LogP contribution in [0.15, 0.2) is 24.3 Å². The van der Waals surface area contributed by atoms with Crippen molar-refractivity contribution in [1.82, 2.24) is 0 Å². The van der Waals surface area contributed by atoms with Crippen LogP contribution in [0.3, 0.4) is 0 Å². The van der Waals surface area contributed by atoms with E-state index in [4.69, 9.17) is 0 Å². The minimum Gasteiger partial charge on any atom is -0.291 e. The van der Waals surface area contributed by atoms with Crippen molar-refractivity contribution in [2.75, 3.05) is 0 Å². The first-order valence-corrected chi connectivity index (χ1v) is 13.3. The molecule has 0 radical (unpaired) electrons. The molecule has 1 fully saturated rings. The molecular formula is C29H46O2. The third kappa shape index (κ3) is 10.1. The molecule has 2 heteroatoms. The molecule has 1 aliphatic carbocycles. The molecule has 0 heterocycles. The van der Waals surface area contributed by atoms with Gasteiger partial charge in [-0.3, -0.25) is 9.59 Å². The number of Topliss-reactive ketones (excluding diaryl/α,β-unsaturated/α-hetero) is 2. The molecule has 0 amide bonds. The highest BCUT2D eigenvalue weighted by atomic mass is 16.2. The van der Waals surface area contributed by atoms with Gasteiger partial charge >= 0.3 is 0 Å². The summed E-state index contributed by atoms with van der Waals surface area (Å²) in [5, 5.41) is 0. The Morgan fingerprint density at radius 1 is 0.710 bits per heavy atom. The molecule has 1 aromatic carbocycles. The van der Waals surface area contributed by atoms with Crippen molar-refractivity contribution in [1.29, 1.82) is 0 Å². The standard InChI is InChI=1S/C29H46O2/c1-3-5-6-7-8-9-10-11-12-13-14-24-15-19-26(20-16-24)27-21-17-25(18-22-27)23-29(31)28(30)4-2/h17-18,21-22,24,26H,3-16,19-20,23H2,1-2H3. The van der Waals surface area contributed by atoms with E-state index in [1.54, 1.807) is 6.92 Å². The van der Waals surface area contributed by atoms with Crippen LogP contribution in [-0.2, 0) is 16.0 Å². The number of ketones is 2. The molecule has 2 nitrogen and oxygen atoms in total. The first-order chi connectivity index (χ1) is 15.1. The summed E-state index contributed by atoms with van der Waals surface area (Å²) in [5.74, 6) is 1.08. The van der Waals surface area contributed by atoms with Crippen molar-refractivity contribution >= 4 is 11.6 Å². The molecule has 0 N–H and O–H groups in total. The van der Waals surface area contributed by atoms with Crippen molar-refractivity contribution in [3.63, 3.8) is 0 Å². The molecule has 0 spiro atoms. The Bertz CT molecular complexity index is 623. The van der Waals surface area contributed by atoms with Gasteiger partial charge in [0.05, 0.1) is 0 Å². The van der Waals surface area contributed by atoms with Crippen molar-refractivity contribution in [3.8, 4) is 0 Å². The minimum absolute atomic E-state index is 0.249. The lowest BCUT2D eigenvalue weighted by molar-refractivity contribution is -0.136. The van der Waals surface area contributed by atoms with Crippen LogP contribution in [0.25, 0.3) is 0 Å². The number of unbranched alkanes of at least 4 members (excludes halogenated alkanes) is 9. The van der Waals surface area contributed by atoms with E-state index < -0.39 is 0 Å². The molecule has 0 unspecified atom stereocenters. The highest BCUT2D eigenvalue weighted by Crippen LogP contribution is 2.37. The Morgan fingerprint density at radius 3 is 1.81 bits per heavy atom. The maximum Gasteiger partial charge on any atom is 0.202 e. The van der Waals surface area contributed by atoms with Gasteiger partial charge < -0.3 is 0 Å². The lowest BCUT2D eigenvalue weighted by atomic mass is 9.77. The van der Waals surface area contributed by atoms with Gasteiger partial charge in [-0.1, -0.05) is 109 Å². The molecular weight excluding hydrogens is 380 g/mol. The summed E-state index contributed by atoms with van der Waals surface area (Å²) in [5.41, 5.74) is 2.38. The SMILES string of the molecule is CCCCCCCCCCCCC1CCC(c2ccc(CC(=O)C(=O)CC)cc2)CC1. The minimum atomic E-state index is -0.261. The highest BCUT2D eigenvalue weighted by molar-refractivity contribution is 6.37. The Labute approximate surface area is 191 Å². The molecule has 0 aliphatic heterocycles. The number of benzene rings is 1. The lowest BCUT2D eigenvalue weighted by Gasteiger charge is -2.29. The second-order valence-electron chi connectivity index (χ2n) is 9.81. The summed E-state index contributed by atoms with van der Waals surface area (Å²) in [6.45, 7) is 4.03. The molecule has 0 aromatic heterocycles. The maximum absolute atomic E-state index is 11.8.